The Hall–Kier alpha value is -3.12. The second-order valence-corrected chi connectivity index (χ2v) is 6.33. The zero-order chi connectivity index (χ0) is 16.5. The van der Waals surface area contributed by atoms with Crippen LogP contribution in [0.3, 0.4) is 0 Å². The highest BCUT2D eigenvalue weighted by atomic mass is 15.3. The maximum absolute atomic E-state index is 9.26. The van der Waals surface area contributed by atoms with Crippen molar-refractivity contribution in [3.8, 4) is 12.1 Å². The number of anilines is 2. The van der Waals surface area contributed by atoms with Gasteiger partial charge in [-0.3, -0.25) is 0 Å². The Morgan fingerprint density at radius 1 is 0.917 bits per heavy atom. The molecule has 2 atom stereocenters. The predicted molar refractivity (Wildman–Crippen MR) is 89.3 cm³/mol. The summed E-state index contributed by atoms with van der Waals surface area (Å²) in [7, 11) is 0. The topological polar surface area (TPSA) is 79.8 Å². The van der Waals surface area contributed by atoms with E-state index in [0.717, 1.165) is 37.7 Å². The van der Waals surface area contributed by atoms with Crippen molar-refractivity contribution < 1.29 is 0 Å². The molecule has 0 radical (unpaired) electrons. The molecular formula is C18H16N6. The highest BCUT2D eigenvalue weighted by molar-refractivity contribution is 5.55. The molecule has 6 heteroatoms. The lowest BCUT2D eigenvalue weighted by atomic mass is 10.0. The molecule has 4 rings (SSSR count). The molecule has 2 aromatic rings. The van der Waals surface area contributed by atoms with Gasteiger partial charge in [-0.05, 0) is 24.3 Å². The fraction of sp³-hybridized carbons (Fsp3) is 0.333. The lowest BCUT2D eigenvalue weighted by Crippen LogP contribution is -2.29. The summed E-state index contributed by atoms with van der Waals surface area (Å²) in [5.41, 5.74) is 2.17. The number of nitriles is 2. The van der Waals surface area contributed by atoms with Crippen LogP contribution >= 0.6 is 0 Å². The molecule has 2 aliphatic heterocycles. The van der Waals surface area contributed by atoms with Crippen LogP contribution in [-0.4, -0.2) is 36.1 Å². The minimum atomic E-state index is 0.448. The van der Waals surface area contributed by atoms with E-state index in [2.05, 4.69) is 25.8 Å². The molecule has 0 bridgehead atoms. The molecule has 2 aliphatic rings. The molecule has 118 valence electrons. The third kappa shape index (κ3) is 2.43. The fourth-order valence-corrected chi connectivity index (χ4v) is 3.75. The quantitative estimate of drug-likeness (QED) is 0.840. The molecule has 0 saturated carbocycles. The molecule has 0 aromatic carbocycles. The Kier molecular flexibility index (Phi) is 3.51. The Labute approximate surface area is 140 Å². The lowest BCUT2D eigenvalue weighted by molar-refractivity contribution is 0.533. The van der Waals surface area contributed by atoms with E-state index in [9.17, 15) is 5.26 Å². The number of fused-ring (bicyclic) bond motifs is 1. The highest BCUT2D eigenvalue weighted by Crippen LogP contribution is 2.36. The van der Waals surface area contributed by atoms with E-state index >= 15 is 0 Å². The third-order valence-corrected chi connectivity index (χ3v) is 4.92. The fourth-order valence-electron chi connectivity index (χ4n) is 3.75. The van der Waals surface area contributed by atoms with Gasteiger partial charge in [-0.2, -0.15) is 10.5 Å². The van der Waals surface area contributed by atoms with Gasteiger partial charge < -0.3 is 9.80 Å². The zero-order valence-corrected chi connectivity index (χ0v) is 13.1. The average molecular weight is 316 g/mol. The number of pyridine rings is 2. The van der Waals surface area contributed by atoms with E-state index < -0.39 is 0 Å². The monoisotopic (exact) mass is 316 g/mol. The summed E-state index contributed by atoms with van der Waals surface area (Å²) in [6.45, 7) is 3.81. The number of hydrogen-bond donors (Lipinski definition) is 0. The van der Waals surface area contributed by atoms with Gasteiger partial charge in [-0.1, -0.05) is 0 Å². The highest BCUT2D eigenvalue weighted by Gasteiger charge is 2.41. The van der Waals surface area contributed by atoms with Crippen LogP contribution < -0.4 is 9.80 Å². The van der Waals surface area contributed by atoms with Gasteiger partial charge in [0.1, 0.15) is 23.7 Å². The van der Waals surface area contributed by atoms with Crippen molar-refractivity contribution >= 4 is 11.5 Å². The van der Waals surface area contributed by atoms with Gasteiger partial charge in [0.15, 0.2) is 0 Å². The van der Waals surface area contributed by atoms with Gasteiger partial charge in [0.05, 0.1) is 17.4 Å². The van der Waals surface area contributed by atoms with Crippen molar-refractivity contribution in [3.05, 3.63) is 47.9 Å². The van der Waals surface area contributed by atoms with Crippen molar-refractivity contribution in [3.63, 3.8) is 0 Å². The van der Waals surface area contributed by atoms with E-state index in [1.54, 1.807) is 24.5 Å². The van der Waals surface area contributed by atoms with E-state index in [-0.39, 0.29) is 0 Å². The second kappa shape index (κ2) is 5.82. The normalized spacial score (nSPS) is 22.1. The summed E-state index contributed by atoms with van der Waals surface area (Å²) in [5, 5.41) is 18.1. The van der Waals surface area contributed by atoms with Crippen molar-refractivity contribution in [1.29, 1.82) is 10.5 Å². The van der Waals surface area contributed by atoms with Gasteiger partial charge in [-0.15, -0.1) is 0 Å². The van der Waals surface area contributed by atoms with Gasteiger partial charge in [0, 0.05) is 44.2 Å². The maximum Gasteiger partial charge on any atom is 0.146 e. The SMILES string of the molecule is N#Cc1ccc(N2CC3CN(c4ncccc4C#N)CC3C2)cn1. The largest absolute Gasteiger partial charge is 0.370 e. The van der Waals surface area contributed by atoms with Gasteiger partial charge >= 0.3 is 0 Å². The van der Waals surface area contributed by atoms with Crippen molar-refractivity contribution in [2.24, 2.45) is 11.8 Å². The molecule has 24 heavy (non-hydrogen) atoms. The minimum Gasteiger partial charge on any atom is -0.370 e. The molecule has 0 N–H and O–H groups in total. The number of hydrogen-bond acceptors (Lipinski definition) is 6. The molecular weight excluding hydrogens is 300 g/mol. The van der Waals surface area contributed by atoms with Crippen LogP contribution in [0.2, 0.25) is 0 Å². The standard InChI is InChI=1S/C18H16N6/c19-6-13-2-1-5-21-18(13)24-11-14-9-23(10-15(14)12-24)17-4-3-16(7-20)22-8-17/h1-5,8,14-15H,9-12H2. The molecule has 6 nitrogen and oxygen atoms in total. The summed E-state index contributed by atoms with van der Waals surface area (Å²) in [4.78, 5) is 13.1. The van der Waals surface area contributed by atoms with Crippen LogP contribution in [-0.2, 0) is 0 Å². The Balaban J connectivity index is 1.47. The summed E-state index contributed by atoms with van der Waals surface area (Å²) in [6.07, 6.45) is 3.53. The first-order valence-corrected chi connectivity index (χ1v) is 7.99. The number of rotatable bonds is 2. The molecule has 0 spiro atoms. The summed E-state index contributed by atoms with van der Waals surface area (Å²) in [6, 6.07) is 11.6. The van der Waals surface area contributed by atoms with Gasteiger partial charge in [-0.25, -0.2) is 9.97 Å². The minimum absolute atomic E-state index is 0.448. The first-order chi connectivity index (χ1) is 11.8. The van der Waals surface area contributed by atoms with E-state index in [1.165, 1.54) is 0 Å². The van der Waals surface area contributed by atoms with Crippen LogP contribution in [0.15, 0.2) is 36.7 Å². The van der Waals surface area contributed by atoms with Crippen molar-refractivity contribution in [1.82, 2.24) is 9.97 Å². The summed E-state index contributed by atoms with van der Waals surface area (Å²) in [5.74, 6) is 1.93. The average Bonchev–Trinajstić information content (AvgIpc) is 3.21. The second-order valence-electron chi connectivity index (χ2n) is 6.33. The Morgan fingerprint density at radius 3 is 2.29 bits per heavy atom. The van der Waals surface area contributed by atoms with Crippen molar-refractivity contribution in [2.45, 2.75) is 0 Å². The molecule has 0 amide bonds. The summed E-state index contributed by atoms with van der Waals surface area (Å²) < 4.78 is 0. The van der Waals surface area contributed by atoms with Crippen LogP contribution in [0.25, 0.3) is 0 Å². The lowest BCUT2D eigenvalue weighted by Gasteiger charge is -2.24. The first-order valence-electron chi connectivity index (χ1n) is 7.99. The molecule has 2 fully saturated rings. The van der Waals surface area contributed by atoms with Crippen LogP contribution in [0.5, 0.6) is 0 Å². The Morgan fingerprint density at radius 2 is 1.67 bits per heavy atom. The zero-order valence-electron chi connectivity index (χ0n) is 13.1. The number of nitrogens with zero attached hydrogens (tertiary/aromatic N) is 6. The van der Waals surface area contributed by atoms with Crippen LogP contribution in [0.4, 0.5) is 11.5 Å². The van der Waals surface area contributed by atoms with Gasteiger partial charge in [0.2, 0.25) is 0 Å². The van der Waals surface area contributed by atoms with E-state index in [4.69, 9.17) is 5.26 Å². The molecule has 2 aromatic heterocycles. The molecule has 4 heterocycles. The van der Waals surface area contributed by atoms with E-state index in [1.807, 2.05) is 18.2 Å². The van der Waals surface area contributed by atoms with Crippen molar-refractivity contribution in [2.75, 3.05) is 36.0 Å². The Bertz CT molecular complexity index is 818. The molecule has 0 aliphatic carbocycles. The number of aromatic nitrogens is 2. The predicted octanol–water partition coefficient (Wildman–Crippen LogP) is 1.79. The maximum atomic E-state index is 9.26. The van der Waals surface area contributed by atoms with Crippen LogP contribution in [0.1, 0.15) is 11.3 Å². The smallest absolute Gasteiger partial charge is 0.146 e. The molecule has 2 unspecified atom stereocenters. The van der Waals surface area contributed by atoms with Crippen LogP contribution in [0, 0.1) is 34.5 Å². The first kappa shape index (κ1) is 14.5. The van der Waals surface area contributed by atoms with E-state index in [0.29, 0.717) is 23.1 Å². The third-order valence-electron chi connectivity index (χ3n) is 4.92. The summed E-state index contributed by atoms with van der Waals surface area (Å²) >= 11 is 0. The van der Waals surface area contributed by atoms with Gasteiger partial charge in [0.25, 0.3) is 0 Å². The molecule has 2 saturated heterocycles.